The molecule has 1 N–H and O–H groups in total. The third-order valence-electron chi connectivity index (χ3n) is 3.28. The van der Waals surface area contributed by atoms with Crippen LogP contribution >= 0.6 is 11.3 Å². The fourth-order valence-electron chi connectivity index (χ4n) is 2.26. The molecule has 0 bridgehead atoms. The largest absolute Gasteiger partial charge is 0.345 e. The average molecular weight is 290 g/mol. The van der Waals surface area contributed by atoms with Crippen molar-refractivity contribution < 1.29 is 0 Å². The first-order chi connectivity index (χ1) is 9.86. The summed E-state index contributed by atoms with van der Waals surface area (Å²) >= 11 is 1.72. The van der Waals surface area contributed by atoms with Gasteiger partial charge in [-0.3, -0.25) is 0 Å². The molecule has 7 heteroatoms. The van der Waals surface area contributed by atoms with Crippen LogP contribution in [0.1, 0.15) is 5.69 Å². The van der Waals surface area contributed by atoms with Gasteiger partial charge in [0.25, 0.3) is 0 Å². The molecular formula is C13H18N6S. The lowest BCUT2D eigenvalue weighted by molar-refractivity contribution is 0.637. The molecule has 6 nitrogen and oxygen atoms in total. The minimum atomic E-state index is 0.821. The maximum Gasteiger partial charge on any atom is 0.225 e. The lowest BCUT2D eigenvalue weighted by atomic mass is 10.3. The van der Waals surface area contributed by atoms with E-state index >= 15 is 0 Å². The van der Waals surface area contributed by atoms with E-state index in [0.29, 0.717) is 0 Å². The molecule has 2 aromatic rings. The molecule has 0 saturated carbocycles. The fraction of sp³-hybridized carbons (Fsp3) is 0.462. The van der Waals surface area contributed by atoms with Crippen molar-refractivity contribution in [3.63, 3.8) is 0 Å². The molecule has 0 radical (unpaired) electrons. The molecule has 1 aliphatic rings. The lowest BCUT2D eigenvalue weighted by Gasteiger charge is -2.34. The highest BCUT2D eigenvalue weighted by atomic mass is 32.1. The predicted octanol–water partition coefficient (Wildman–Crippen LogP) is 0.979. The zero-order valence-corrected chi connectivity index (χ0v) is 12.3. The number of aromatic nitrogens is 3. The Bertz CT molecular complexity index is 535. The summed E-state index contributed by atoms with van der Waals surface area (Å²) in [7, 11) is 1.94. The van der Waals surface area contributed by atoms with Gasteiger partial charge in [0.15, 0.2) is 5.13 Å². The molecule has 20 heavy (non-hydrogen) atoms. The Balaban J connectivity index is 1.60. The lowest BCUT2D eigenvalue weighted by Crippen LogP contribution is -2.47. The smallest absolute Gasteiger partial charge is 0.225 e. The Labute approximate surface area is 122 Å². The molecule has 1 saturated heterocycles. The third kappa shape index (κ3) is 2.88. The van der Waals surface area contributed by atoms with E-state index < -0.39 is 0 Å². The van der Waals surface area contributed by atoms with Crippen LogP contribution in [-0.2, 0) is 6.54 Å². The zero-order valence-electron chi connectivity index (χ0n) is 11.5. The van der Waals surface area contributed by atoms with Crippen LogP contribution < -0.4 is 15.1 Å². The highest BCUT2D eigenvalue weighted by Crippen LogP contribution is 2.22. The second-order valence-corrected chi connectivity index (χ2v) is 5.51. The van der Waals surface area contributed by atoms with E-state index in [1.165, 1.54) is 0 Å². The minimum absolute atomic E-state index is 0.821. The van der Waals surface area contributed by atoms with Gasteiger partial charge in [0, 0.05) is 50.5 Å². The van der Waals surface area contributed by atoms with Gasteiger partial charge in [-0.05, 0) is 13.1 Å². The number of rotatable bonds is 4. The number of nitrogens with zero attached hydrogens (tertiary/aromatic N) is 5. The van der Waals surface area contributed by atoms with Gasteiger partial charge in [-0.2, -0.15) is 0 Å². The van der Waals surface area contributed by atoms with Crippen molar-refractivity contribution in [2.75, 3.05) is 43.0 Å². The van der Waals surface area contributed by atoms with Gasteiger partial charge in [-0.25, -0.2) is 15.0 Å². The summed E-state index contributed by atoms with van der Waals surface area (Å²) in [6, 6.07) is 1.85. The molecule has 0 atom stereocenters. The van der Waals surface area contributed by atoms with Crippen LogP contribution in [-0.4, -0.2) is 48.2 Å². The quantitative estimate of drug-likeness (QED) is 0.906. The number of anilines is 2. The number of thiazole rings is 1. The standard InChI is InChI=1S/C13H18N6S/c1-14-9-11-10-20-13(17-11)19-7-5-18(6-8-19)12-15-3-2-4-16-12/h2-4,10,14H,5-9H2,1H3. The summed E-state index contributed by atoms with van der Waals surface area (Å²) in [6.07, 6.45) is 3.58. The maximum absolute atomic E-state index is 4.65. The fourth-order valence-corrected chi connectivity index (χ4v) is 3.14. The topological polar surface area (TPSA) is 57.2 Å². The minimum Gasteiger partial charge on any atom is -0.345 e. The average Bonchev–Trinajstić information content (AvgIpc) is 2.97. The van der Waals surface area contributed by atoms with Gasteiger partial charge in [0.1, 0.15) is 0 Å². The van der Waals surface area contributed by atoms with Gasteiger partial charge in [-0.15, -0.1) is 11.3 Å². The monoisotopic (exact) mass is 290 g/mol. The van der Waals surface area contributed by atoms with Crippen LogP contribution in [0.3, 0.4) is 0 Å². The number of hydrogen-bond acceptors (Lipinski definition) is 7. The van der Waals surface area contributed by atoms with Crippen molar-refractivity contribution in [1.29, 1.82) is 0 Å². The number of nitrogens with one attached hydrogen (secondary N) is 1. The van der Waals surface area contributed by atoms with Crippen LogP contribution in [0.25, 0.3) is 0 Å². The molecule has 2 aromatic heterocycles. The molecule has 0 unspecified atom stereocenters. The second-order valence-electron chi connectivity index (χ2n) is 4.67. The summed E-state index contributed by atoms with van der Waals surface area (Å²) in [5.74, 6) is 0.821. The molecule has 0 aromatic carbocycles. The number of piperazine rings is 1. The van der Waals surface area contributed by atoms with Crippen molar-refractivity contribution in [1.82, 2.24) is 20.3 Å². The summed E-state index contributed by atoms with van der Waals surface area (Å²) in [4.78, 5) is 17.8. The van der Waals surface area contributed by atoms with Crippen LogP contribution in [0, 0.1) is 0 Å². The van der Waals surface area contributed by atoms with Crippen molar-refractivity contribution >= 4 is 22.4 Å². The van der Waals surface area contributed by atoms with E-state index in [2.05, 4.69) is 35.4 Å². The van der Waals surface area contributed by atoms with Crippen molar-refractivity contribution in [2.24, 2.45) is 0 Å². The van der Waals surface area contributed by atoms with E-state index in [1.54, 1.807) is 23.7 Å². The normalized spacial score (nSPS) is 15.7. The van der Waals surface area contributed by atoms with E-state index in [4.69, 9.17) is 0 Å². The van der Waals surface area contributed by atoms with Crippen molar-refractivity contribution in [3.8, 4) is 0 Å². The first-order valence-corrected chi connectivity index (χ1v) is 7.60. The van der Waals surface area contributed by atoms with Gasteiger partial charge in [-0.1, -0.05) is 0 Å². The maximum atomic E-state index is 4.65. The van der Waals surface area contributed by atoms with Crippen molar-refractivity contribution in [2.45, 2.75) is 6.54 Å². The van der Waals surface area contributed by atoms with Gasteiger partial charge >= 0.3 is 0 Å². The molecule has 106 valence electrons. The Morgan fingerprint density at radius 2 is 1.85 bits per heavy atom. The first kappa shape index (κ1) is 13.3. The van der Waals surface area contributed by atoms with E-state index in [9.17, 15) is 0 Å². The third-order valence-corrected chi connectivity index (χ3v) is 4.23. The molecule has 3 heterocycles. The Morgan fingerprint density at radius 1 is 1.15 bits per heavy atom. The summed E-state index contributed by atoms with van der Waals surface area (Å²) in [6.45, 7) is 4.62. The van der Waals surface area contributed by atoms with Gasteiger partial charge < -0.3 is 15.1 Å². The molecule has 1 aliphatic heterocycles. The van der Waals surface area contributed by atoms with Gasteiger partial charge in [0.05, 0.1) is 5.69 Å². The van der Waals surface area contributed by atoms with E-state index in [-0.39, 0.29) is 0 Å². The van der Waals surface area contributed by atoms with Crippen LogP contribution in [0.5, 0.6) is 0 Å². The highest BCUT2D eigenvalue weighted by Gasteiger charge is 2.20. The second kappa shape index (κ2) is 6.15. The van der Waals surface area contributed by atoms with Crippen molar-refractivity contribution in [3.05, 3.63) is 29.5 Å². The Kier molecular flexibility index (Phi) is 4.08. The Morgan fingerprint density at radius 3 is 2.55 bits per heavy atom. The SMILES string of the molecule is CNCc1csc(N2CCN(c3ncccn3)CC2)n1. The van der Waals surface area contributed by atoms with E-state index in [0.717, 1.165) is 49.5 Å². The zero-order chi connectivity index (χ0) is 13.8. The molecule has 0 amide bonds. The molecule has 1 fully saturated rings. The van der Waals surface area contributed by atoms with Crippen LogP contribution in [0.2, 0.25) is 0 Å². The first-order valence-electron chi connectivity index (χ1n) is 6.73. The van der Waals surface area contributed by atoms with Crippen LogP contribution in [0.15, 0.2) is 23.8 Å². The summed E-state index contributed by atoms with van der Waals surface area (Å²) in [5, 5.41) is 6.37. The van der Waals surface area contributed by atoms with E-state index in [1.807, 2.05) is 13.1 Å². The predicted molar refractivity (Wildman–Crippen MR) is 81.3 cm³/mol. The summed E-state index contributed by atoms with van der Waals surface area (Å²) < 4.78 is 0. The Hall–Kier alpha value is -1.73. The summed E-state index contributed by atoms with van der Waals surface area (Å²) in [5.41, 5.74) is 1.11. The molecule has 0 aliphatic carbocycles. The number of hydrogen-bond donors (Lipinski definition) is 1. The molecule has 3 rings (SSSR count). The highest BCUT2D eigenvalue weighted by molar-refractivity contribution is 7.13. The molecule has 0 spiro atoms. The van der Waals surface area contributed by atoms with Gasteiger partial charge in [0.2, 0.25) is 5.95 Å². The van der Waals surface area contributed by atoms with Crippen LogP contribution in [0.4, 0.5) is 11.1 Å². The molecular weight excluding hydrogens is 272 g/mol.